The first-order valence-corrected chi connectivity index (χ1v) is 8.98. The van der Waals surface area contributed by atoms with Crippen LogP contribution in [0, 0.1) is 15.9 Å². The number of rotatable bonds is 5. The fourth-order valence-electron chi connectivity index (χ4n) is 2.71. The van der Waals surface area contributed by atoms with Gasteiger partial charge in [-0.3, -0.25) is 19.7 Å². The van der Waals surface area contributed by atoms with Crippen molar-refractivity contribution in [1.82, 2.24) is 0 Å². The molecule has 1 heterocycles. The molecule has 0 saturated heterocycles. The summed E-state index contributed by atoms with van der Waals surface area (Å²) >= 11 is 1.20. The molecule has 0 radical (unpaired) electrons. The van der Waals surface area contributed by atoms with Crippen LogP contribution in [-0.2, 0) is 9.59 Å². The van der Waals surface area contributed by atoms with Crippen molar-refractivity contribution in [3.05, 3.63) is 74.9 Å². The van der Waals surface area contributed by atoms with Gasteiger partial charge in [0.1, 0.15) is 5.82 Å². The Kier molecular flexibility index (Phi) is 5.09. The number of carbonyl (C=O) groups is 2. The number of nitro benzene ring substituents is 1. The van der Waals surface area contributed by atoms with Crippen LogP contribution in [0.15, 0.2) is 53.4 Å². The lowest BCUT2D eigenvalue weighted by molar-refractivity contribution is -0.384. The lowest BCUT2D eigenvalue weighted by Crippen LogP contribution is -2.32. The van der Waals surface area contributed by atoms with Gasteiger partial charge in [-0.1, -0.05) is 26.0 Å². The number of hydrogen-bond acceptors (Lipinski definition) is 5. The average Bonchev–Trinajstić information content (AvgIpc) is 2.85. The second-order valence-corrected chi connectivity index (χ2v) is 7.66. The van der Waals surface area contributed by atoms with Crippen LogP contribution in [0.1, 0.15) is 19.4 Å². The quantitative estimate of drug-likeness (QED) is 0.438. The summed E-state index contributed by atoms with van der Waals surface area (Å²) in [7, 11) is 0. The Morgan fingerprint density at radius 1 is 1.04 bits per heavy atom. The number of para-hydroxylation sites is 1. The van der Waals surface area contributed by atoms with Gasteiger partial charge in [0, 0.05) is 17.4 Å². The average molecular weight is 386 g/mol. The van der Waals surface area contributed by atoms with E-state index >= 15 is 0 Å². The Hall–Kier alpha value is -3.00. The summed E-state index contributed by atoms with van der Waals surface area (Å²) in [6, 6.07) is 10.9. The van der Waals surface area contributed by atoms with Crippen molar-refractivity contribution >= 4 is 40.5 Å². The molecule has 0 aromatic heterocycles. The third-order valence-electron chi connectivity index (χ3n) is 3.86. The predicted octanol–water partition coefficient (Wildman–Crippen LogP) is 4.16. The summed E-state index contributed by atoms with van der Waals surface area (Å²) in [5, 5.41) is 10.9. The molecule has 8 heteroatoms. The molecule has 27 heavy (non-hydrogen) atoms. The molecule has 0 atom stereocenters. The molecule has 2 amide bonds. The molecule has 2 aromatic rings. The van der Waals surface area contributed by atoms with Crippen molar-refractivity contribution in [3.8, 4) is 0 Å². The first-order valence-electron chi connectivity index (χ1n) is 8.10. The number of halogens is 1. The monoisotopic (exact) mass is 386 g/mol. The summed E-state index contributed by atoms with van der Waals surface area (Å²) in [4.78, 5) is 37.3. The molecule has 2 aromatic carbocycles. The van der Waals surface area contributed by atoms with Crippen LogP contribution >= 0.6 is 11.8 Å². The van der Waals surface area contributed by atoms with E-state index in [-0.39, 0.29) is 27.1 Å². The van der Waals surface area contributed by atoms with Crippen LogP contribution in [0.25, 0.3) is 5.57 Å². The normalized spacial score (nSPS) is 14.4. The maximum atomic E-state index is 14.2. The second-order valence-electron chi connectivity index (χ2n) is 6.07. The SMILES string of the molecule is CC(C)SC1=C(c2ccc([N+](=O)[O-])cc2)C(=O)N(c2ccccc2F)C1=O. The molecule has 0 saturated carbocycles. The minimum absolute atomic E-state index is 0.00497. The topological polar surface area (TPSA) is 80.5 Å². The van der Waals surface area contributed by atoms with Crippen molar-refractivity contribution in [1.29, 1.82) is 0 Å². The zero-order valence-electron chi connectivity index (χ0n) is 14.5. The lowest BCUT2D eigenvalue weighted by Gasteiger charge is -2.16. The Balaban J connectivity index is 2.11. The van der Waals surface area contributed by atoms with E-state index in [0.717, 1.165) is 4.90 Å². The standard InChI is InChI=1S/C19H15FN2O4S/c1-11(2)27-17-16(12-7-9-13(10-8-12)22(25)26)18(23)21(19(17)24)15-6-4-3-5-14(15)20/h3-11H,1-2H3. The number of amides is 2. The van der Waals surface area contributed by atoms with Crippen molar-refractivity contribution in [2.45, 2.75) is 19.1 Å². The van der Waals surface area contributed by atoms with Crippen LogP contribution in [0.5, 0.6) is 0 Å². The summed E-state index contributed by atoms with van der Waals surface area (Å²) < 4.78 is 14.2. The summed E-state index contributed by atoms with van der Waals surface area (Å²) in [5.74, 6) is -1.93. The minimum Gasteiger partial charge on any atom is -0.268 e. The van der Waals surface area contributed by atoms with Crippen LogP contribution in [0.2, 0.25) is 0 Å². The summed E-state index contributed by atoms with van der Waals surface area (Å²) in [6.45, 7) is 3.74. The largest absolute Gasteiger partial charge is 0.272 e. The van der Waals surface area contributed by atoms with Gasteiger partial charge in [-0.2, -0.15) is 0 Å². The van der Waals surface area contributed by atoms with Crippen molar-refractivity contribution < 1.29 is 18.9 Å². The number of non-ortho nitro benzene ring substituents is 1. The third kappa shape index (κ3) is 3.48. The van der Waals surface area contributed by atoms with E-state index in [1.165, 1.54) is 60.3 Å². The van der Waals surface area contributed by atoms with Gasteiger partial charge in [-0.15, -0.1) is 11.8 Å². The molecule has 1 aliphatic rings. The van der Waals surface area contributed by atoms with Gasteiger partial charge >= 0.3 is 0 Å². The van der Waals surface area contributed by atoms with Gasteiger partial charge in [-0.25, -0.2) is 9.29 Å². The zero-order chi connectivity index (χ0) is 19.7. The summed E-state index contributed by atoms with van der Waals surface area (Å²) in [6.07, 6.45) is 0. The number of carbonyl (C=O) groups excluding carboxylic acids is 2. The highest BCUT2D eigenvalue weighted by Gasteiger charge is 2.41. The molecule has 0 bridgehead atoms. The van der Waals surface area contributed by atoms with E-state index in [0.29, 0.717) is 5.56 Å². The Labute approximate surface area is 158 Å². The molecule has 0 spiro atoms. The van der Waals surface area contributed by atoms with Gasteiger partial charge in [0.05, 0.1) is 21.1 Å². The Bertz CT molecular complexity index is 970. The molecule has 0 aliphatic carbocycles. The summed E-state index contributed by atoms with van der Waals surface area (Å²) in [5.41, 5.74) is 0.254. The van der Waals surface area contributed by atoms with E-state index in [1.54, 1.807) is 0 Å². The first-order chi connectivity index (χ1) is 12.8. The number of benzene rings is 2. The highest BCUT2D eigenvalue weighted by Crippen LogP contribution is 2.40. The number of thioether (sulfide) groups is 1. The number of nitro groups is 1. The smallest absolute Gasteiger partial charge is 0.268 e. The first kappa shape index (κ1) is 18.8. The van der Waals surface area contributed by atoms with E-state index in [9.17, 15) is 24.1 Å². The molecular formula is C19H15FN2O4S. The third-order valence-corrected chi connectivity index (χ3v) is 4.94. The van der Waals surface area contributed by atoms with E-state index in [1.807, 2.05) is 13.8 Å². The van der Waals surface area contributed by atoms with Gasteiger partial charge in [0.2, 0.25) is 0 Å². The Morgan fingerprint density at radius 2 is 1.67 bits per heavy atom. The maximum absolute atomic E-state index is 14.2. The fourth-order valence-corrected chi connectivity index (χ4v) is 3.70. The van der Waals surface area contributed by atoms with Crippen molar-refractivity contribution in [2.75, 3.05) is 4.90 Å². The van der Waals surface area contributed by atoms with Crippen molar-refractivity contribution in [2.24, 2.45) is 0 Å². The molecule has 0 unspecified atom stereocenters. The van der Waals surface area contributed by atoms with Crippen LogP contribution in [0.3, 0.4) is 0 Å². The van der Waals surface area contributed by atoms with Gasteiger partial charge in [0.25, 0.3) is 17.5 Å². The number of imide groups is 1. The van der Waals surface area contributed by atoms with Crippen molar-refractivity contribution in [3.63, 3.8) is 0 Å². The maximum Gasteiger partial charge on any atom is 0.272 e. The molecule has 1 aliphatic heterocycles. The minimum atomic E-state index is -0.682. The molecule has 6 nitrogen and oxygen atoms in total. The fraction of sp³-hybridized carbons (Fsp3) is 0.158. The number of anilines is 1. The Morgan fingerprint density at radius 3 is 2.22 bits per heavy atom. The second kappa shape index (κ2) is 7.32. The molecular weight excluding hydrogens is 371 g/mol. The molecule has 0 fully saturated rings. The van der Waals surface area contributed by atoms with Crippen LogP contribution in [-0.4, -0.2) is 22.0 Å². The van der Waals surface area contributed by atoms with Gasteiger partial charge in [0.15, 0.2) is 0 Å². The van der Waals surface area contributed by atoms with E-state index in [2.05, 4.69) is 0 Å². The van der Waals surface area contributed by atoms with Crippen LogP contribution in [0.4, 0.5) is 15.8 Å². The van der Waals surface area contributed by atoms with Gasteiger partial charge < -0.3 is 0 Å². The van der Waals surface area contributed by atoms with Crippen LogP contribution < -0.4 is 4.90 Å². The zero-order valence-corrected chi connectivity index (χ0v) is 15.3. The van der Waals surface area contributed by atoms with E-state index < -0.39 is 22.6 Å². The molecule has 0 N–H and O–H groups in total. The molecule has 138 valence electrons. The highest BCUT2D eigenvalue weighted by atomic mass is 32.2. The van der Waals surface area contributed by atoms with E-state index in [4.69, 9.17) is 0 Å². The van der Waals surface area contributed by atoms with Gasteiger partial charge in [-0.05, 0) is 29.8 Å². The highest BCUT2D eigenvalue weighted by molar-refractivity contribution is 8.04. The number of hydrogen-bond donors (Lipinski definition) is 0. The molecule has 3 rings (SSSR count). The predicted molar refractivity (Wildman–Crippen MR) is 102 cm³/mol. The number of nitrogens with zero attached hydrogens (tertiary/aromatic N) is 2. The lowest BCUT2D eigenvalue weighted by atomic mass is 10.1.